The Bertz CT molecular complexity index is 2730. The molecule has 2 aliphatic rings. The quantitative estimate of drug-likeness (QED) is 0.0225. The van der Waals surface area contributed by atoms with Gasteiger partial charge in [-0.3, -0.25) is 34.6 Å². The fraction of sp³-hybridized carbons (Fsp3) is 0.571. The molecule has 9 atom stereocenters. The topological polar surface area (TPSA) is 325 Å². The van der Waals surface area contributed by atoms with E-state index in [2.05, 4.69) is 63.8 Å². The smallest absolute Gasteiger partial charge is 0.411 e. The maximum atomic E-state index is 16.1. The molecule has 10 N–H and O–H groups in total. The molecule has 0 spiro atoms. The van der Waals surface area contributed by atoms with Crippen molar-refractivity contribution in [3.05, 3.63) is 69.5 Å². The lowest BCUT2D eigenvalue weighted by atomic mass is 9.81. The number of esters is 1. The summed E-state index contributed by atoms with van der Waals surface area (Å²) in [7, 11) is 4.22. The van der Waals surface area contributed by atoms with Crippen LogP contribution in [0.25, 0.3) is 0 Å². The van der Waals surface area contributed by atoms with Gasteiger partial charge in [-0.25, -0.2) is 18.8 Å². The highest BCUT2D eigenvalue weighted by Crippen LogP contribution is 2.38. The Morgan fingerprint density at radius 2 is 1.67 bits per heavy atom. The molecule has 4 rings (SSSR count). The van der Waals surface area contributed by atoms with E-state index in [1.807, 2.05) is 6.92 Å². The number of allylic oxidation sites excluding steroid dienone is 3. The van der Waals surface area contributed by atoms with Crippen LogP contribution in [0.15, 0.2) is 48.1 Å². The standard InChI is InChI=1S/C56H77Br2Cl2FN8O15/c1-29(2)48(67-45(70)17-10-9-11-19-82-52(75)34(27-57)28-58)51(74)64-37(15-13-18-63-53(62)76)50(73)65-39-23-35(59)38(24-36(39)61)66-54(77)83-41-25-46(71)69(6)40-21-33(22-42(80-7)47(40)60)20-30(3)14-12-16-44(81-8)56(79)26-43(84-55(78)68-56)32(5)49(72)31(41)4/h12,14,16,21-24,29,31-32,34,37,41,43-44,48-49,72,79H,9-11,13,15,17-20,25-28H2,1-8H3,(H,64,74)(H,65,73)(H,66,77)(H,67,70)(H,68,78)(H3,62,63,76)/b16-12+,30-14+/t31-,32-,37+,41+,43+,44-,48+,49-,56+/m1/s1. The fourth-order valence-corrected chi connectivity index (χ4v) is 11.4. The molecule has 1 fully saturated rings. The summed E-state index contributed by atoms with van der Waals surface area (Å²) in [6, 6.07) is 1.87. The lowest BCUT2D eigenvalue weighted by Crippen LogP contribution is -2.64. The van der Waals surface area contributed by atoms with Crippen LogP contribution in [0.3, 0.4) is 0 Å². The molecule has 23 nitrogen and oxygen atoms in total. The largest absolute Gasteiger partial charge is 0.495 e. The van der Waals surface area contributed by atoms with Gasteiger partial charge in [0, 0.05) is 62.1 Å². The molecule has 0 aromatic heterocycles. The van der Waals surface area contributed by atoms with Crippen LogP contribution >= 0.6 is 55.1 Å². The normalized spacial score (nSPS) is 22.9. The number of ether oxygens (including phenoxy) is 5. The second-order valence-corrected chi connectivity index (χ2v) is 23.1. The van der Waals surface area contributed by atoms with Gasteiger partial charge < -0.3 is 65.8 Å². The molecule has 84 heavy (non-hydrogen) atoms. The SMILES string of the molecule is COc1cc2cc(c1Cl)N(C)C(=O)C[C@H](OC(=O)Nc1cc(F)c(NC(=O)[C@H](CCCNC(N)=O)NC(=O)[C@@H](NC(=O)CCCCCOC(=O)C(CBr)CBr)C(C)C)cc1Cl)[C@@H](C)[C@@H](O)[C@H](C)[C@@H]1C[C@@](O)(NC(=O)O1)[C@H](OC)/C=C/C=C(\C)C2. The molecule has 0 saturated carbocycles. The van der Waals surface area contributed by atoms with Crippen molar-refractivity contribution in [2.24, 2.45) is 29.4 Å². The number of hydrogen-bond donors (Lipinski definition) is 9. The maximum absolute atomic E-state index is 16.1. The number of nitrogens with zero attached hydrogens (tertiary/aromatic N) is 1. The number of urea groups is 1. The highest BCUT2D eigenvalue weighted by Gasteiger charge is 2.49. The summed E-state index contributed by atoms with van der Waals surface area (Å²) in [5.74, 6) is -6.79. The minimum absolute atomic E-state index is 0.00568. The van der Waals surface area contributed by atoms with E-state index in [1.165, 1.54) is 33.1 Å². The molecular weight excluding hydrogens is 1270 g/mol. The van der Waals surface area contributed by atoms with Gasteiger partial charge in [-0.15, -0.1) is 0 Å². The zero-order valence-corrected chi connectivity index (χ0v) is 52.8. The summed E-state index contributed by atoms with van der Waals surface area (Å²) >= 11 is 19.9. The van der Waals surface area contributed by atoms with Crippen molar-refractivity contribution in [3.63, 3.8) is 0 Å². The first-order chi connectivity index (χ1) is 39.7. The highest BCUT2D eigenvalue weighted by atomic mass is 79.9. The molecule has 2 heterocycles. The van der Waals surface area contributed by atoms with Gasteiger partial charge in [0.25, 0.3) is 0 Å². The van der Waals surface area contributed by atoms with Crippen LogP contribution in [0.5, 0.6) is 5.75 Å². The van der Waals surface area contributed by atoms with Crippen molar-refractivity contribution in [1.82, 2.24) is 21.3 Å². The number of alkyl halides is 2. The van der Waals surface area contributed by atoms with Crippen molar-refractivity contribution in [2.45, 2.75) is 135 Å². The Kier molecular flexibility index (Phi) is 28.5. The number of halogens is 5. The van der Waals surface area contributed by atoms with E-state index in [-0.39, 0.29) is 77.9 Å². The first kappa shape index (κ1) is 70.7. The van der Waals surface area contributed by atoms with Crippen molar-refractivity contribution in [1.29, 1.82) is 0 Å². The van der Waals surface area contributed by atoms with Crippen molar-refractivity contribution in [3.8, 4) is 5.75 Å². The number of carbonyl (C=O) groups excluding carboxylic acids is 8. The molecular formula is C56H77Br2Cl2FN8O15. The maximum Gasteiger partial charge on any atom is 0.411 e. The van der Waals surface area contributed by atoms with Crippen molar-refractivity contribution in [2.75, 3.05) is 60.6 Å². The van der Waals surface area contributed by atoms with E-state index in [9.17, 15) is 48.6 Å². The van der Waals surface area contributed by atoms with Gasteiger partial charge in [-0.05, 0) is 75.1 Å². The van der Waals surface area contributed by atoms with Gasteiger partial charge >= 0.3 is 24.2 Å². The average molecular weight is 1350 g/mol. The number of anilines is 3. The number of alkyl carbamates (subject to hydrolysis) is 1. The van der Waals surface area contributed by atoms with Crippen LogP contribution in [0.1, 0.15) is 91.5 Å². The summed E-state index contributed by atoms with van der Waals surface area (Å²) < 4.78 is 44.0. The first-order valence-electron chi connectivity index (χ1n) is 27.2. The Labute approximate surface area is 515 Å². The van der Waals surface area contributed by atoms with Crippen LogP contribution < -0.4 is 47.3 Å². The Balaban J connectivity index is 1.56. The molecule has 0 unspecified atom stereocenters. The predicted octanol–water partition coefficient (Wildman–Crippen LogP) is 7.53. The van der Waals surface area contributed by atoms with Gasteiger partial charge in [0.15, 0.2) is 5.72 Å². The molecule has 4 bridgehead atoms. The number of nitrogens with two attached hydrogens (primary N) is 1. The number of nitrogens with one attached hydrogen (secondary N) is 6. The Morgan fingerprint density at radius 3 is 2.31 bits per heavy atom. The molecule has 0 aliphatic carbocycles. The van der Waals surface area contributed by atoms with Gasteiger partial charge in [0.2, 0.25) is 23.6 Å². The van der Waals surface area contributed by atoms with E-state index in [4.69, 9.17) is 52.6 Å². The van der Waals surface area contributed by atoms with Crippen LogP contribution in [-0.4, -0.2) is 145 Å². The summed E-state index contributed by atoms with van der Waals surface area (Å²) in [4.78, 5) is 107. The van der Waals surface area contributed by atoms with Crippen LogP contribution in [0.4, 0.5) is 35.8 Å². The van der Waals surface area contributed by atoms with E-state index < -0.39 is 120 Å². The third-order valence-electron chi connectivity index (χ3n) is 14.3. The summed E-state index contributed by atoms with van der Waals surface area (Å²) in [5.41, 5.74) is 4.15. The highest BCUT2D eigenvalue weighted by molar-refractivity contribution is 9.09. The van der Waals surface area contributed by atoms with Crippen molar-refractivity contribution < 1.29 is 76.6 Å². The lowest BCUT2D eigenvalue weighted by Gasteiger charge is -2.43. The molecule has 2 aliphatic heterocycles. The Morgan fingerprint density at radius 1 is 0.964 bits per heavy atom. The molecule has 2 aromatic carbocycles. The number of amides is 8. The van der Waals surface area contributed by atoms with Crippen LogP contribution in [-0.2, 0) is 49.3 Å². The van der Waals surface area contributed by atoms with Crippen LogP contribution in [0, 0.1) is 29.5 Å². The Hall–Kier alpha value is -5.77. The number of aliphatic hydroxyl groups excluding tert-OH is 1. The number of benzene rings is 2. The summed E-state index contributed by atoms with van der Waals surface area (Å²) in [6.07, 6.45) is -1.36. The zero-order chi connectivity index (χ0) is 62.6. The first-order valence-corrected chi connectivity index (χ1v) is 30.2. The number of methoxy groups -OCH3 is 2. The number of primary amides is 1. The predicted molar refractivity (Wildman–Crippen MR) is 321 cm³/mol. The minimum Gasteiger partial charge on any atom is -0.495 e. The van der Waals surface area contributed by atoms with Gasteiger partial charge in [-0.1, -0.05) is 107 Å². The number of carbonyl (C=O) groups is 8. The molecule has 28 heteroatoms. The van der Waals surface area contributed by atoms with Crippen molar-refractivity contribution >= 4 is 120 Å². The fourth-order valence-electron chi connectivity index (χ4n) is 9.27. The number of unbranched alkanes of at least 4 members (excludes halogenated alkanes) is 2. The monoisotopic (exact) mass is 1350 g/mol. The molecule has 1 saturated heterocycles. The molecule has 466 valence electrons. The zero-order valence-electron chi connectivity index (χ0n) is 48.1. The second kappa shape index (κ2) is 33.8. The minimum atomic E-state index is -2.01. The molecule has 0 radical (unpaired) electrons. The van der Waals surface area contributed by atoms with E-state index >= 15 is 4.39 Å². The molecule has 2 aromatic rings. The number of fused-ring (bicyclic) bond motifs is 4. The average Bonchev–Trinajstić information content (AvgIpc) is 3.26. The van der Waals surface area contributed by atoms with Gasteiger partial charge in [-0.2, -0.15) is 0 Å². The number of hydrogen-bond acceptors (Lipinski definition) is 15. The second-order valence-electron chi connectivity index (χ2n) is 21.1. The van der Waals surface area contributed by atoms with E-state index in [1.54, 1.807) is 51.1 Å². The van der Waals surface area contributed by atoms with E-state index in [0.717, 1.165) is 17.7 Å². The van der Waals surface area contributed by atoms with E-state index in [0.29, 0.717) is 41.9 Å². The summed E-state index contributed by atoms with van der Waals surface area (Å²) in [6.45, 7) is 8.45. The lowest BCUT2D eigenvalue weighted by molar-refractivity contribution is -0.152. The third-order valence-corrected chi connectivity index (χ3v) is 16.6. The third kappa shape index (κ3) is 20.7. The van der Waals surface area contributed by atoms with Gasteiger partial charge in [0.05, 0.1) is 54.2 Å². The molecule has 8 amide bonds. The number of aliphatic hydroxyl groups is 2. The van der Waals surface area contributed by atoms with Gasteiger partial charge in [0.1, 0.15) is 47.0 Å². The number of rotatable bonds is 23. The summed E-state index contributed by atoms with van der Waals surface area (Å²) in [5, 5.41) is 39.4. The van der Waals surface area contributed by atoms with Crippen LogP contribution in [0.2, 0.25) is 10.0 Å².